The van der Waals surface area contributed by atoms with Crippen LogP contribution in [0.2, 0.25) is 0 Å². The quantitative estimate of drug-likeness (QED) is 0.532. The van der Waals surface area contributed by atoms with Crippen LogP contribution < -0.4 is 0 Å². The minimum Gasteiger partial charge on any atom is -0.469 e. The van der Waals surface area contributed by atoms with E-state index in [1.807, 2.05) is 27.7 Å². The lowest BCUT2D eigenvalue weighted by Crippen LogP contribution is -2.29. The maximum atomic E-state index is 13.1. The molecule has 0 spiro atoms. The molecule has 1 amide bonds. The van der Waals surface area contributed by atoms with E-state index in [4.69, 9.17) is 4.74 Å². The number of carbonyl (C=O) groups is 2. The first-order valence-electron chi connectivity index (χ1n) is 11.2. The van der Waals surface area contributed by atoms with Crippen LogP contribution in [0.25, 0.3) is 11.2 Å². The van der Waals surface area contributed by atoms with Gasteiger partial charge in [0.15, 0.2) is 5.65 Å². The summed E-state index contributed by atoms with van der Waals surface area (Å²) in [6.45, 7) is 6.66. The number of methoxy groups -OCH3 is 1. The largest absolute Gasteiger partial charge is 0.469 e. The number of rotatable bonds is 7. The minimum absolute atomic E-state index is 0.0220. The van der Waals surface area contributed by atoms with Gasteiger partial charge in [0, 0.05) is 25.8 Å². The van der Waals surface area contributed by atoms with E-state index in [0.717, 1.165) is 49.2 Å². The Hall–Kier alpha value is -3.22. The van der Waals surface area contributed by atoms with Gasteiger partial charge in [0.05, 0.1) is 25.4 Å². The molecule has 1 aromatic carbocycles. The van der Waals surface area contributed by atoms with Crippen molar-refractivity contribution >= 4 is 23.0 Å². The van der Waals surface area contributed by atoms with Crippen LogP contribution in [-0.2, 0) is 28.9 Å². The molecule has 32 heavy (non-hydrogen) atoms. The van der Waals surface area contributed by atoms with Gasteiger partial charge in [0.1, 0.15) is 5.52 Å². The normalized spacial score (nSPS) is 16.1. The molecule has 0 aliphatic carbocycles. The number of amides is 1. The van der Waals surface area contributed by atoms with Gasteiger partial charge in [-0.1, -0.05) is 38.1 Å². The zero-order valence-electron chi connectivity index (χ0n) is 19.0. The molecule has 7 nitrogen and oxygen atoms in total. The van der Waals surface area contributed by atoms with E-state index >= 15 is 0 Å². The molecular weight excluding hydrogens is 404 g/mol. The summed E-state index contributed by atoms with van der Waals surface area (Å²) in [4.78, 5) is 35.4. The highest BCUT2D eigenvalue weighted by atomic mass is 16.5. The highest BCUT2D eigenvalue weighted by molar-refractivity contribution is 5.96. The van der Waals surface area contributed by atoms with E-state index in [-0.39, 0.29) is 18.3 Å². The fraction of sp³-hybridized carbons (Fsp3) is 0.440. The maximum Gasteiger partial charge on any atom is 0.309 e. The van der Waals surface area contributed by atoms with Gasteiger partial charge in [0.25, 0.3) is 5.91 Å². The number of benzene rings is 1. The zero-order valence-corrected chi connectivity index (χ0v) is 19.0. The first-order valence-corrected chi connectivity index (χ1v) is 11.2. The Morgan fingerprint density at radius 1 is 1.16 bits per heavy atom. The predicted octanol–water partition coefficient (Wildman–Crippen LogP) is 3.51. The highest BCUT2D eigenvalue weighted by Gasteiger charge is 2.27. The lowest BCUT2D eigenvalue weighted by molar-refractivity contribution is -0.139. The molecule has 0 saturated carbocycles. The van der Waals surface area contributed by atoms with Gasteiger partial charge in [-0.3, -0.25) is 9.59 Å². The van der Waals surface area contributed by atoms with E-state index in [0.29, 0.717) is 17.4 Å². The number of likely N-dealkylation sites (tertiary alicyclic amines) is 1. The number of ether oxygens (including phenoxy) is 1. The Kier molecular flexibility index (Phi) is 6.53. The second-order valence-corrected chi connectivity index (χ2v) is 9.04. The number of nitrogens with zero attached hydrogens (tertiary/aromatic N) is 4. The van der Waals surface area contributed by atoms with Crippen LogP contribution >= 0.6 is 0 Å². The van der Waals surface area contributed by atoms with Crippen LogP contribution in [0.5, 0.6) is 0 Å². The summed E-state index contributed by atoms with van der Waals surface area (Å²) < 4.78 is 6.75. The summed E-state index contributed by atoms with van der Waals surface area (Å²) in [7, 11) is 1.40. The SMILES string of the molecule is COC(=O)Cc1ccc(CC2CCN(C(=O)c3cnc4c(c3)ncn4CC(C)C)C2)cc1. The topological polar surface area (TPSA) is 77.3 Å². The van der Waals surface area contributed by atoms with Crippen LogP contribution in [0, 0.1) is 11.8 Å². The van der Waals surface area contributed by atoms with Crippen LogP contribution in [0.1, 0.15) is 41.8 Å². The molecule has 1 fully saturated rings. The number of hydrogen-bond acceptors (Lipinski definition) is 5. The monoisotopic (exact) mass is 434 g/mol. The molecule has 0 bridgehead atoms. The molecule has 1 aliphatic rings. The molecule has 3 heterocycles. The fourth-order valence-electron chi connectivity index (χ4n) is 4.32. The van der Waals surface area contributed by atoms with Crippen molar-refractivity contribution in [1.82, 2.24) is 19.4 Å². The molecule has 0 N–H and O–H groups in total. The zero-order chi connectivity index (χ0) is 22.7. The first kappa shape index (κ1) is 22.0. The average molecular weight is 435 g/mol. The average Bonchev–Trinajstić information content (AvgIpc) is 3.41. The first-order chi connectivity index (χ1) is 15.4. The number of fused-ring (bicyclic) bond motifs is 1. The summed E-state index contributed by atoms with van der Waals surface area (Å²) in [6, 6.07) is 9.93. The lowest BCUT2D eigenvalue weighted by atomic mass is 9.97. The molecule has 1 atom stereocenters. The van der Waals surface area contributed by atoms with Crippen molar-refractivity contribution in [2.75, 3.05) is 20.2 Å². The van der Waals surface area contributed by atoms with Crippen molar-refractivity contribution in [3.63, 3.8) is 0 Å². The van der Waals surface area contributed by atoms with Gasteiger partial charge < -0.3 is 14.2 Å². The molecule has 3 aromatic rings. The minimum atomic E-state index is -0.234. The van der Waals surface area contributed by atoms with Gasteiger partial charge in [0.2, 0.25) is 0 Å². The molecule has 7 heteroatoms. The molecule has 0 radical (unpaired) electrons. The standard InChI is InChI=1S/C25H30N4O3/c1-17(2)14-29-16-27-22-12-21(13-26-24(22)29)25(31)28-9-8-20(15-28)10-18-4-6-19(7-5-18)11-23(30)32-3/h4-7,12-13,16-17,20H,8-11,14-15H2,1-3H3. The van der Waals surface area contributed by atoms with Crippen LogP contribution in [0.3, 0.4) is 0 Å². The Morgan fingerprint density at radius 2 is 1.91 bits per heavy atom. The Morgan fingerprint density at radius 3 is 2.62 bits per heavy atom. The Labute approximate surface area is 188 Å². The fourth-order valence-corrected chi connectivity index (χ4v) is 4.32. The summed E-state index contributed by atoms with van der Waals surface area (Å²) in [6.07, 6.45) is 5.66. The number of carbonyl (C=O) groups excluding carboxylic acids is 2. The predicted molar refractivity (Wildman–Crippen MR) is 122 cm³/mol. The van der Waals surface area contributed by atoms with E-state index in [1.54, 1.807) is 12.5 Å². The van der Waals surface area contributed by atoms with Gasteiger partial charge in [-0.2, -0.15) is 0 Å². The third kappa shape index (κ3) is 4.98. The molecule has 168 valence electrons. The van der Waals surface area contributed by atoms with E-state index in [1.165, 1.54) is 12.7 Å². The summed E-state index contributed by atoms with van der Waals surface area (Å²) in [5.74, 6) is 0.712. The van der Waals surface area contributed by atoms with Gasteiger partial charge in [-0.25, -0.2) is 9.97 Å². The number of pyridine rings is 1. The van der Waals surface area contributed by atoms with E-state index in [9.17, 15) is 9.59 Å². The second-order valence-electron chi connectivity index (χ2n) is 9.04. The van der Waals surface area contributed by atoms with E-state index < -0.39 is 0 Å². The molecule has 1 saturated heterocycles. The van der Waals surface area contributed by atoms with Gasteiger partial charge in [-0.15, -0.1) is 0 Å². The van der Waals surface area contributed by atoms with Crippen LogP contribution in [0.15, 0.2) is 42.9 Å². The molecule has 4 rings (SSSR count). The van der Waals surface area contributed by atoms with E-state index in [2.05, 4.69) is 35.9 Å². The maximum absolute atomic E-state index is 13.1. The number of aromatic nitrogens is 3. The van der Waals surface area contributed by atoms with Crippen molar-refractivity contribution in [1.29, 1.82) is 0 Å². The van der Waals surface area contributed by atoms with Gasteiger partial charge in [-0.05, 0) is 41.9 Å². The van der Waals surface area contributed by atoms with Crippen molar-refractivity contribution in [3.8, 4) is 0 Å². The summed E-state index contributed by atoms with van der Waals surface area (Å²) >= 11 is 0. The number of hydrogen-bond donors (Lipinski definition) is 0. The molecule has 1 unspecified atom stereocenters. The molecule has 2 aromatic heterocycles. The number of esters is 1. The molecular formula is C25H30N4O3. The Balaban J connectivity index is 1.36. The third-order valence-corrected chi connectivity index (χ3v) is 5.96. The summed E-state index contributed by atoms with van der Waals surface area (Å²) in [5.41, 5.74) is 4.35. The summed E-state index contributed by atoms with van der Waals surface area (Å²) in [5, 5.41) is 0. The van der Waals surface area contributed by atoms with Crippen LogP contribution in [0.4, 0.5) is 0 Å². The van der Waals surface area contributed by atoms with Crippen molar-refractivity contribution in [2.45, 2.75) is 39.7 Å². The smallest absolute Gasteiger partial charge is 0.309 e. The highest BCUT2D eigenvalue weighted by Crippen LogP contribution is 2.24. The van der Waals surface area contributed by atoms with Crippen molar-refractivity contribution in [3.05, 3.63) is 59.5 Å². The second kappa shape index (κ2) is 9.51. The van der Waals surface area contributed by atoms with Crippen LogP contribution in [-0.4, -0.2) is 51.5 Å². The van der Waals surface area contributed by atoms with Gasteiger partial charge >= 0.3 is 5.97 Å². The third-order valence-electron chi connectivity index (χ3n) is 5.96. The lowest BCUT2D eigenvalue weighted by Gasteiger charge is -2.17. The van der Waals surface area contributed by atoms with Crippen molar-refractivity contribution in [2.24, 2.45) is 11.8 Å². The number of imidazole rings is 1. The molecule has 1 aliphatic heterocycles. The Bertz CT molecular complexity index is 1100. The van der Waals surface area contributed by atoms with Crippen molar-refractivity contribution < 1.29 is 14.3 Å².